The predicted octanol–water partition coefficient (Wildman–Crippen LogP) is 4.23. The van der Waals surface area contributed by atoms with Crippen LogP contribution in [0.1, 0.15) is 43.5 Å². The first kappa shape index (κ1) is 17.4. The van der Waals surface area contributed by atoms with Gasteiger partial charge in [-0.15, -0.1) is 11.3 Å². The summed E-state index contributed by atoms with van der Waals surface area (Å²) < 4.78 is 10.4. The number of carbonyl (C=O) groups excluding carboxylic acids is 1. The van der Waals surface area contributed by atoms with E-state index >= 15 is 0 Å². The van der Waals surface area contributed by atoms with Crippen LogP contribution in [-0.4, -0.2) is 16.0 Å². The van der Waals surface area contributed by atoms with Gasteiger partial charge in [0.25, 0.3) is 0 Å². The zero-order valence-electron chi connectivity index (χ0n) is 14.3. The Morgan fingerprint density at radius 3 is 2.88 bits per heavy atom. The van der Waals surface area contributed by atoms with Crippen molar-refractivity contribution in [3.05, 3.63) is 46.7 Å². The number of aryl methyl sites for hydroxylation is 1. The van der Waals surface area contributed by atoms with E-state index in [1.165, 1.54) is 4.88 Å². The molecular weight excluding hydrogens is 338 g/mol. The second-order valence-electron chi connectivity index (χ2n) is 6.25. The van der Waals surface area contributed by atoms with Crippen LogP contribution in [0.15, 0.2) is 44.8 Å². The van der Waals surface area contributed by atoms with E-state index < -0.39 is 0 Å². The summed E-state index contributed by atoms with van der Waals surface area (Å²) in [5.74, 6) is 1.86. The summed E-state index contributed by atoms with van der Waals surface area (Å²) in [5, 5.41) is 9.02. The minimum absolute atomic E-state index is 0.0169. The van der Waals surface area contributed by atoms with E-state index in [1.54, 1.807) is 29.7 Å². The number of carbonyl (C=O) groups is 1. The summed E-state index contributed by atoms with van der Waals surface area (Å²) in [6.07, 6.45) is 3.17. The van der Waals surface area contributed by atoms with Gasteiger partial charge in [-0.3, -0.25) is 4.79 Å². The molecule has 6 nitrogen and oxygen atoms in total. The molecule has 3 aromatic heterocycles. The normalized spacial score (nSPS) is 12.4. The largest absolute Gasteiger partial charge is 0.461 e. The van der Waals surface area contributed by atoms with Crippen LogP contribution in [0.5, 0.6) is 0 Å². The van der Waals surface area contributed by atoms with E-state index in [4.69, 9.17) is 8.94 Å². The number of hydrogen-bond donors (Lipinski definition) is 1. The average molecular weight is 359 g/mol. The molecule has 0 aromatic carbocycles. The van der Waals surface area contributed by atoms with Crippen LogP contribution < -0.4 is 5.32 Å². The van der Waals surface area contributed by atoms with Crippen LogP contribution in [0.25, 0.3) is 11.6 Å². The topological polar surface area (TPSA) is 81.2 Å². The van der Waals surface area contributed by atoms with Crippen LogP contribution in [0, 0.1) is 5.92 Å². The second kappa shape index (κ2) is 8.11. The zero-order valence-corrected chi connectivity index (χ0v) is 15.1. The maximum absolute atomic E-state index is 12.3. The number of nitrogens with one attached hydrogen (secondary N) is 1. The lowest BCUT2D eigenvalue weighted by molar-refractivity contribution is -0.122. The summed E-state index contributed by atoms with van der Waals surface area (Å²) in [6, 6.07) is 7.64. The molecule has 132 valence electrons. The molecule has 1 unspecified atom stereocenters. The molecule has 0 saturated heterocycles. The fourth-order valence-electron chi connectivity index (χ4n) is 2.56. The number of thiophene rings is 1. The Bertz CT molecular complexity index is 778. The molecule has 0 aliphatic carbocycles. The highest BCUT2D eigenvalue weighted by Crippen LogP contribution is 2.25. The lowest BCUT2D eigenvalue weighted by Crippen LogP contribution is -2.29. The van der Waals surface area contributed by atoms with Crippen molar-refractivity contribution in [3.63, 3.8) is 0 Å². The van der Waals surface area contributed by atoms with Gasteiger partial charge in [0.05, 0.1) is 12.3 Å². The smallest absolute Gasteiger partial charge is 0.238 e. The Balaban J connectivity index is 1.55. The second-order valence-corrected chi connectivity index (χ2v) is 7.23. The average Bonchev–Trinajstić information content (AvgIpc) is 3.33. The van der Waals surface area contributed by atoms with Gasteiger partial charge in [-0.1, -0.05) is 25.1 Å². The van der Waals surface area contributed by atoms with E-state index in [9.17, 15) is 4.79 Å². The molecule has 7 heteroatoms. The summed E-state index contributed by atoms with van der Waals surface area (Å²) in [7, 11) is 0. The van der Waals surface area contributed by atoms with Gasteiger partial charge < -0.3 is 14.3 Å². The third-order valence-electron chi connectivity index (χ3n) is 3.70. The molecule has 3 heterocycles. The Labute approximate surface area is 150 Å². The Hall–Kier alpha value is -2.41. The van der Waals surface area contributed by atoms with Crippen molar-refractivity contribution in [2.75, 3.05) is 0 Å². The van der Waals surface area contributed by atoms with Gasteiger partial charge >= 0.3 is 0 Å². The van der Waals surface area contributed by atoms with Gasteiger partial charge in [-0.25, -0.2) is 0 Å². The third kappa shape index (κ3) is 4.79. The minimum Gasteiger partial charge on any atom is -0.461 e. The summed E-state index contributed by atoms with van der Waals surface area (Å²) in [4.78, 5) is 17.8. The first-order valence-electron chi connectivity index (χ1n) is 8.31. The molecule has 0 saturated carbocycles. The molecule has 1 amide bonds. The monoisotopic (exact) mass is 359 g/mol. The van der Waals surface area contributed by atoms with E-state index in [1.807, 2.05) is 11.4 Å². The molecule has 0 aliphatic heterocycles. The van der Waals surface area contributed by atoms with Crippen molar-refractivity contribution >= 4 is 17.2 Å². The standard InChI is InChI=1S/C18H21N3O3S/c1-12(2)11-13(15-6-4-10-25-15)19-16(22)7-8-17-20-18(21-24-17)14-5-3-9-23-14/h3-6,9-10,12-13H,7-8,11H2,1-2H3,(H,19,22). The molecule has 0 aliphatic rings. The quantitative estimate of drug-likeness (QED) is 0.651. The van der Waals surface area contributed by atoms with Crippen molar-refractivity contribution in [3.8, 4) is 11.6 Å². The number of hydrogen-bond acceptors (Lipinski definition) is 6. The van der Waals surface area contributed by atoms with Gasteiger partial charge in [0.15, 0.2) is 5.76 Å². The molecular formula is C18H21N3O3S. The highest BCUT2D eigenvalue weighted by Gasteiger charge is 2.18. The van der Waals surface area contributed by atoms with E-state index in [0.717, 1.165) is 6.42 Å². The van der Waals surface area contributed by atoms with E-state index in [2.05, 4.69) is 35.4 Å². The maximum Gasteiger partial charge on any atom is 0.238 e. The lowest BCUT2D eigenvalue weighted by atomic mass is 10.0. The highest BCUT2D eigenvalue weighted by atomic mass is 32.1. The third-order valence-corrected chi connectivity index (χ3v) is 4.69. The molecule has 1 N–H and O–H groups in total. The first-order valence-corrected chi connectivity index (χ1v) is 9.19. The SMILES string of the molecule is CC(C)CC(NC(=O)CCc1nc(-c2ccco2)no1)c1cccs1. The summed E-state index contributed by atoms with van der Waals surface area (Å²) >= 11 is 1.67. The van der Waals surface area contributed by atoms with Crippen LogP contribution >= 0.6 is 11.3 Å². The van der Waals surface area contributed by atoms with Crippen molar-refractivity contribution in [1.29, 1.82) is 0 Å². The minimum atomic E-state index is -0.0169. The molecule has 0 radical (unpaired) electrons. The van der Waals surface area contributed by atoms with Crippen LogP contribution in [0.4, 0.5) is 0 Å². The van der Waals surface area contributed by atoms with Gasteiger partial charge in [0.2, 0.25) is 17.6 Å². The number of aromatic nitrogens is 2. The van der Waals surface area contributed by atoms with Crippen molar-refractivity contribution in [1.82, 2.24) is 15.5 Å². The van der Waals surface area contributed by atoms with Gasteiger partial charge in [0, 0.05) is 17.7 Å². The number of nitrogens with zero attached hydrogens (tertiary/aromatic N) is 2. The fourth-order valence-corrected chi connectivity index (χ4v) is 3.35. The van der Waals surface area contributed by atoms with Crippen LogP contribution in [0.2, 0.25) is 0 Å². The molecule has 3 rings (SSSR count). The number of rotatable bonds is 8. The highest BCUT2D eigenvalue weighted by molar-refractivity contribution is 7.10. The van der Waals surface area contributed by atoms with Gasteiger partial charge in [-0.05, 0) is 35.9 Å². The molecule has 0 spiro atoms. The Kier molecular flexibility index (Phi) is 5.65. The molecule has 1 atom stereocenters. The molecule has 25 heavy (non-hydrogen) atoms. The van der Waals surface area contributed by atoms with Gasteiger partial charge in [-0.2, -0.15) is 4.98 Å². The lowest BCUT2D eigenvalue weighted by Gasteiger charge is -2.19. The summed E-state index contributed by atoms with van der Waals surface area (Å²) in [5.41, 5.74) is 0. The molecule has 3 aromatic rings. The molecule has 0 bridgehead atoms. The number of furan rings is 1. The van der Waals surface area contributed by atoms with Crippen LogP contribution in [-0.2, 0) is 11.2 Å². The predicted molar refractivity (Wildman–Crippen MR) is 95.0 cm³/mol. The zero-order chi connectivity index (χ0) is 17.6. The number of amides is 1. The summed E-state index contributed by atoms with van der Waals surface area (Å²) in [6.45, 7) is 4.31. The van der Waals surface area contributed by atoms with Gasteiger partial charge in [0.1, 0.15) is 0 Å². The maximum atomic E-state index is 12.3. The first-order chi connectivity index (χ1) is 12.1. The van der Waals surface area contributed by atoms with E-state index in [0.29, 0.717) is 36.2 Å². The Morgan fingerprint density at radius 2 is 2.20 bits per heavy atom. The van der Waals surface area contributed by atoms with Crippen molar-refractivity contribution in [2.24, 2.45) is 5.92 Å². The van der Waals surface area contributed by atoms with Crippen molar-refractivity contribution < 1.29 is 13.7 Å². The Morgan fingerprint density at radius 1 is 1.32 bits per heavy atom. The van der Waals surface area contributed by atoms with E-state index in [-0.39, 0.29) is 11.9 Å². The fraction of sp³-hybridized carbons (Fsp3) is 0.389. The van der Waals surface area contributed by atoms with Crippen molar-refractivity contribution in [2.45, 2.75) is 39.2 Å². The molecule has 0 fully saturated rings. The van der Waals surface area contributed by atoms with Crippen LogP contribution in [0.3, 0.4) is 0 Å².